The van der Waals surface area contributed by atoms with Crippen LogP contribution in [0.2, 0.25) is 0 Å². The molecule has 0 aromatic heterocycles. The van der Waals surface area contributed by atoms with Crippen molar-refractivity contribution in [2.75, 3.05) is 0 Å². The van der Waals surface area contributed by atoms with Crippen molar-refractivity contribution in [3.8, 4) is 0 Å². The fraction of sp³-hybridized carbons (Fsp3) is 0.400. The fourth-order valence-corrected chi connectivity index (χ4v) is 5.07. The molecular weight excluding hydrogens is 316 g/mol. The van der Waals surface area contributed by atoms with E-state index < -0.39 is 0 Å². The van der Waals surface area contributed by atoms with Gasteiger partial charge in [0.05, 0.1) is 0 Å². The summed E-state index contributed by atoms with van der Waals surface area (Å²) in [5, 5.41) is 0. The average Bonchev–Trinajstić information content (AvgIpc) is 3.36. The first kappa shape index (κ1) is 17.3. The summed E-state index contributed by atoms with van der Waals surface area (Å²) >= 11 is 0. The van der Waals surface area contributed by atoms with Crippen LogP contribution in [0.15, 0.2) is 71.4 Å². The van der Waals surface area contributed by atoms with Crippen molar-refractivity contribution >= 4 is 5.78 Å². The van der Waals surface area contributed by atoms with Gasteiger partial charge in [-0.3, -0.25) is 4.79 Å². The molecule has 1 aromatic rings. The summed E-state index contributed by atoms with van der Waals surface area (Å²) in [6.07, 6.45) is 16.0. The number of allylic oxidation sites excluding steroid dienone is 8. The summed E-state index contributed by atoms with van der Waals surface area (Å²) < 4.78 is 0. The van der Waals surface area contributed by atoms with Crippen LogP contribution in [0.1, 0.15) is 56.6 Å². The molecule has 3 aliphatic carbocycles. The van der Waals surface area contributed by atoms with E-state index in [1.54, 1.807) is 0 Å². The molecule has 0 bridgehead atoms. The molecule has 0 radical (unpaired) electrons. The van der Waals surface area contributed by atoms with Crippen LogP contribution < -0.4 is 0 Å². The van der Waals surface area contributed by atoms with Crippen LogP contribution in [0.4, 0.5) is 0 Å². The van der Waals surface area contributed by atoms with Crippen LogP contribution in [0.5, 0.6) is 0 Å². The van der Waals surface area contributed by atoms with Gasteiger partial charge in [-0.05, 0) is 53.9 Å². The first-order valence-electron chi connectivity index (χ1n) is 10.1. The Morgan fingerprint density at radius 2 is 2.00 bits per heavy atom. The van der Waals surface area contributed by atoms with E-state index in [1.165, 1.54) is 27.8 Å². The number of carbonyl (C=O) groups excluding carboxylic acids is 1. The molecule has 0 aliphatic heterocycles. The van der Waals surface area contributed by atoms with Crippen LogP contribution >= 0.6 is 0 Å². The van der Waals surface area contributed by atoms with Crippen LogP contribution in [0, 0.1) is 11.8 Å². The van der Waals surface area contributed by atoms with Gasteiger partial charge in [-0.15, -0.1) is 0 Å². The number of hydrogen-bond donors (Lipinski definition) is 0. The lowest BCUT2D eigenvalue weighted by Gasteiger charge is -2.20. The second kappa shape index (κ2) is 7.23. The van der Waals surface area contributed by atoms with E-state index >= 15 is 0 Å². The highest BCUT2D eigenvalue weighted by atomic mass is 16.1. The molecule has 0 saturated heterocycles. The molecule has 1 nitrogen and oxygen atoms in total. The minimum atomic E-state index is 0.0995. The van der Waals surface area contributed by atoms with Gasteiger partial charge in [0.2, 0.25) is 0 Å². The lowest BCUT2D eigenvalue weighted by atomic mass is 9.83. The largest absolute Gasteiger partial charge is 0.299 e. The Morgan fingerprint density at radius 1 is 1.15 bits per heavy atom. The van der Waals surface area contributed by atoms with Crippen molar-refractivity contribution < 1.29 is 4.79 Å². The van der Waals surface area contributed by atoms with E-state index in [1.807, 2.05) is 0 Å². The van der Waals surface area contributed by atoms with Crippen molar-refractivity contribution in [2.45, 2.75) is 51.9 Å². The predicted molar refractivity (Wildman–Crippen MR) is 108 cm³/mol. The molecule has 1 heteroatoms. The molecule has 0 N–H and O–H groups in total. The molecule has 0 fully saturated rings. The second-order valence-electron chi connectivity index (χ2n) is 7.97. The first-order valence-corrected chi connectivity index (χ1v) is 10.1. The topological polar surface area (TPSA) is 17.1 Å². The van der Waals surface area contributed by atoms with E-state index in [9.17, 15) is 4.79 Å². The molecule has 26 heavy (non-hydrogen) atoms. The Kier molecular flexibility index (Phi) is 4.80. The Balaban J connectivity index is 1.41. The van der Waals surface area contributed by atoms with Gasteiger partial charge in [0.15, 0.2) is 0 Å². The maximum atomic E-state index is 13.0. The van der Waals surface area contributed by atoms with Gasteiger partial charge in [0.1, 0.15) is 5.78 Å². The van der Waals surface area contributed by atoms with Crippen molar-refractivity contribution in [2.24, 2.45) is 11.8 Å². The minimum Gasteiger partial charge on any atom is -0.299 e. The van der Waals surface area contributed by atoms with E-state index in [2.05, 4.69) is 68.5 Å². The normalized spacial score (nSPS) is 26.5. The lowest BCUT2D eigenvalue weighted by Crippen LogP contribution is -2.17. The maximum absolute atomic E-state index is 13.0. The van der Waals surface area contributed by atoms with Crippen molar-refractivity contribution in [3.63, 3.8) is 0 Å². The minimum absolute atomic E-state index is 0.0995. The highest BCUT2D eigenvalue weighted by Gasteiger charge is 2.34. The van der Waals surface area contributed by atoms with Crippen LogP contribution in [0.3, 0.4) is 0 Å². The first-order chi connectivity index (χ1) is 12.7. The molecule has 0 heterocycles. The molecule has 134 valence electrons. The Bertz CT molecular complexity index is 833. The van der Waals surface area contributed by atoms with Gasteiger partial charge in [0.25, 0.3) is 0 Å². The molecule has 0 amide bonds. The predicted octanol–water partition coefficient (Wildman–Crippen LogP) is 6.09. The summed E-state index contributed by atoms with van der Waals surface area (Å²) in [5.41, 5.74) is 7.02. The summed E-state index contributed by atoms with van der Waals surface area (Å²) in [7, 11) is 0. The number of rotatable bonds is 6. The molecule has 0 spiro atoms. The van der Waals surface area contributed by atoms with E-state index in [0.29, 0.717) is 24.0 Å². The zero-order valence-electron chi connectivity index (χ0n) is 15.9. The molecule has 1 aromatic carbocycles. The van der Waals surface area contributed by atoms with Crippen LogP contribution in [-0.4, -0.2) is 5.78 Å². The standard InChI is InChI=1S/C25H28O/c1-3-21-19(12-14-22(21)18-8-4-5-9-18)13-15-24(26)25-17(2)16-20-10-6-7-11-23(20)25/h4-8,10-12,14,17,21,25H,3,9,13,15-16H2,1-2H3. The summed E-state index contributed by atoms with van der Waals surface area (Å²) in [4.78, 5) is 13.0. The molecule has 0 saturated carbocycles. The highest BCUT2D eigenvalue weighted by Crippen LogP contribution is 2.41. The van der Waals surface area contributed by atoms with Crippen molar-refractivity contribution in [3.05, 3.63) is 82.5 Å². The number of benzene rings is 1. The van der Waals surface area contributed by atoms with Crippen molar-refractivity contribution in [1.29, 1.82) is 0 Å². The molecular formula is C25H28O. The third-order valence-electron chi connectivity index (χ3n) is 6.36. The van der Waals surface area contributed by atoms with Gasteiger partial charge < -0.3 is 0 Å². The highest BCUT2D eigenvalue weighted by molar-refractivity contribution is 5.87. The SMILES string of the molecule is CCC1C(CCC(=O)C2c3ccccc3CC2C)=CC=C1C1=CC=CC1. The molecule has 3 atom stereocenters. The smallest absolute Gasteiger partial charge is 0.140 e. The third kappa shape index (κ3) is 3.05. The number of Topliss-reactive ketones (excluding diaryl/α,β-unsaturated/α-hetero) is 1. The quantitative estimate of drug-likeness (QED) is 0.610. The van der Waals surface area contributed by atoms with Crippen LogP contribution in [0.25, 0.3) is 0 Å². The van der Waals surface area contributed by atoms with E-state index in [0.717, 1.165) is 25.7 Å². The fourth-order valence-electron chi connectivity index (χ4n) is 5.07. The monoisotopic (exact) mass is 344 g/mol. The number of fused-ring (bicyclic) bond motifs is 1. The number of carbonyl (C=O) groups is 1. The van der Waals surface area contributed by atoms with Gasteiger partial charge >= 0.3 is 0 Å². The lowest BCUT2D eigenvalue weighted by molar-refractivity contribution is -0.121. The van der Waals surface area contributed by atoms with E-state index in [-0.39, 0.29) is 5.92 Å². The summed E-state index contributed by atoms with van der Waals surface area (Å²) in [6, 6.07) is 8.51. The summed E-state index contributed by atoms with van der Waals surface area (Å²) in [5.74, 6) is 1.46. The number of ketones is 1. The molecule has 3 unspecified atom stereocenters. The van der Waals surface area contributed by atoms with Gasteiger partial charge in [0, 0.05) is 18.3 Å². The Morgan fingerprint density at radius 3 is 2.77 bits per heavy atom. The maximum Gasteiger partial charge on any atom is 0.140 e. The Hall–Kier alpha value is -2.15. The number of hydrogen-bond acceptors (Lipinski definition) is 1. The molecule has 3 aliphatic rings. The van der Waals surface area contributed by atoms with Gasteiger partial charge in [-0.1, -0.05) is 74.1 Å². The summed E-state index contributed by atoms with van der Waals surface area (Å²) in [6.45, 7) is 4.49. The van der Waals surface area contributed by atoms with E-state index in [4.69, 9.17) is 0 Å². The van der Waals surface area contributed by atoms with Crippen LogP contribution in [-0.2, 0) is 11.2 Å². The third-order valence-corrected chi connectivity index (χ3v) is 6.36. The van der Waals surface area contributed by atoms with Crippen molar-refractivity contribution in [1.82, 2.24) is 0 Å². The zero-order chi connectivity index (χ0) is 18.1. The van der Waals surface area contributed by atoms with Gasteiger partial charge in [-0.2, -0.15) is 0 Å². The van der Waals surface area contributed by atoms with Gasteiger partial charge in [-0.25, -0.2) is 0 Å². The zero-order valence-corrected chi connectivity index (χ0v) is 15.9. The molecule has 4 rings (SSSR count). The Labute approximate surface area is 157 Å². The average molecular weight is 344 g/mol. The second-order valence-corrected chi connectivity index (χ2v) is 7.97.